The molecule has 1 heterocycles. The maximum atomic E-state index is 11.9. The predicted octanol–water partition coefficient (Wildman–Crippen LogP) is 1.88. The van der Waals surface area contributed by atoms with Gasteiger partial charge in [-0.1, -0.05) is 0 Å². The van der Waals surface area contributed by atoms with Gasteiger partial charge in [-0.2, -0.15) is 0 Å². The van der Waals surface area contributed by atoms with Crippen LogP contribution in [-0.4, -0.2) is 16.6 Å². The average Bonchev–Trinajstić information content (AvgIpc) is 3.11. The van der Waals surface area contributed by atoms with Gasteiger partial charge >= 0.3 is 0 Å². The Morgan fingerprint density at radius 2 is 2.20 bits per heavy atom. The third kappa shape index (κ3) is 2.12. The first-order valence-corrected chi connectivity index (χ1v) is 5.18. The molecule has 15 heavy (non-hydrogen) atoms. The number of carbonyl (C=O) groups excluding carboxylic acids is 2. The van der Waals surface area contributed by atoms with E-state index < -0.39 is 5.92 Å². The molecule has 0 spiro atoms. The smallest absolute Gasteiger partial charge is 0.174 e. The minimum absolute atomic E-state index is 0.0869. The molecule has 1 fully saturated rings. The minimum Gasteiger partial charge on any atom is -0.299 e. The number of ketones is 2. The maximum absolute atomic E-state index is 11.9. The first kappa shape index (κ1) is 10.0. The Hall–Kier alpha value is -1.51. The van der Waals surface area contributed by atoms with E-state index in [0.29, 0.717) is 5.56 Å². The van der Waals surface area contributed by atoms with Crippen molar-refractivity contribution in [3.8, 4) is 0 Å². The summed E-state index contributed by atoms with van der Waals surface area (Å²) < 4.78 is 0. The van der Waals surface area contributed by atoms with E-state index in [4.69, 9.17) is 0 Å². The van der Waals surface area contributed by atoms with Gasteiger partial charge in [0.2, 0.25) is 0 Å². The van der Waals surface area contributed by atoms with Crippen molar-refractivity contribution in [1.29, 1.82) is 0 Å². The lowest BCUT2D eigenvalue weighted by Gasteiger charge is -2.07. The molecule has 1 atom stereocenters. The van der Waals surface area contributed by atoms with Crippen LogP contribution >= 0.6 is 0 Å². The monoisotopic (exact) mass is 203 g/mol. The summed E-state index contributed by atoms with van der Waals surface area (Å²) in [6.45, 7) is 1.69. The van der Waals surface area contributed by atoms with Crippen LogP contribution in [-0.2, 0) is 4.79 Å². The third-order valence-electron chi connectivity index (χ3n) is 2.75. The lowest BCUT2D eigenvalue weighted by atomic mass is 9.94. The van der Waals surface area contributed by atoms with E-state index in [-0.39, 0.29) is 17.5 Å². The number of pyridine rings is 1. The topological polar surface area (TPSA) is 47.0 Å². The molecule has 3 nitrogen and oxygen atoms in total. The second-order valence-electron chi connectivity index (χ2n) is 4.00. The lowest BCUT2D eigenvalue weighted by molar-refractivity contribution is -0.122. The summed E-state index contributed by atoms with van der Waals surface area (Å²) >= 11 is 0. The molecule has 1 aliphatic carbocycles. The zero-order chi connectivity index (χ0) is 10.8. The summed E-state index contributed by atoms with van der Waals surface area (Å²) in [7, 11) is 0. The van der Waals surface area contributed by atoms with E-state index >= 15 is 0 Å². The fourth-order valence-corrected chi connectivity index (χ4v) is 1.61. The van der Waals surface area contributed by atoms with Crippen molar-refractivity contribution in [1.82, 2.24) is 4.98 Å². The van der Waals surface area contributed by atoms with Gasteiger partial charge in [-0.15, -0.1) is 0 Å². The van der Waals surface area contributed by atoms with Crippen molar-refractivity contribution in [2.75, 3.05) is 0 Å². The minimum atomic E-state index is -0.512. The molecule has 0 saturated heterocycles. The Morgan fingerprint density at radius 3 is 2.73 bits per heavy atom. The van der Waals surface area contributed by atoms with Gasteiger partial charge < -0.3 is 0 Å². The number of hydrogen-bond acceptors (Lipinski definition) is 3. The number of carbonyl (C=O) groups is 2. The number of nitrogens with zero attached hydrogens (tertiary/aromatic N) is 1. The van der Waals surface area contributed by atoms with Gasteiger partial charge in [-0.05, 0) is 31.9 Å². The Balaban J connectivity index is 2.10. The molecule has 2 rings (SSSR count). The maximum Gasteiger partial charge on any atom is 0.174 e. The molecule has 0 aromatic carbocycles. The van der Waals surface area contributed by atoms with Crippen molar-refractivity contribution >= 4 is 11.6 Å². The van der Waals surface area contributed by atoms with E-state index in [1.807, 2.05) is 0 Å². The third-order valence-corrected chi connectivity index (χ3v) is 2.75. The van der Waals surface area contributed by atoms with Crippen LogP contribution in [0.5, 0.6) is 0 Å². The molecule has 1 aromatic heterocycles. The molecule has 0 N–H and O–H groups in total. The molecule has 0 radical (unpaired) electrons. The molecule has 1 unspecified atom stereocenters. The first-order chi connectivity index (χ1) is 7.20. The first-order valence-electron chi connectivity index (χ1n) is 5.18. The van der Waals surface area contributed by atoms with E-state index in [2.05, 4.69) is 4.98 Å². The molecule has 3 heteroatoms. The number of aromatic nitrogens is 1. The summed E-state index contributed by atoms with van der Waals surface area (Å²) in [5.41, 5.74) is 0.527. The molecule has 0 aliphatic heterocycles. The van der Waals surface area contributed by atoms with E-state index in [0.717, 1.165) is 12.8 Å². The Morgan fingerprint density at radius 1 is 1.47 bits per heavy atom. The molecule has 1 aromatic rings. The van der Waals surface area contributed by atoms with E-state index in [1.165, 1.54) is 6.20 Å². The van der Waals surface area contributed by atoms with Crippen LogP contribution in [0.15, 0.2) is 24.5 Å². The Kier molecular flexibility index (Phi) is 2.62. The van der Waals surface area contributed by atoms with Gasteiger partial charge in [0.15, 0.2) is 5.78 Å². The Labute approximate surface area is 88.5 Å². The summed E-state index contributed by atoms with van der Waals surface area (Å²) in [6.07, 6.45) is 5.02. The number of rotatable bonds is 4. The van der Waals surface area contributed by atoms with Crippen molar-refractivity contribution < 1.29 is 9.59 Å². The van der Waals surface area contributed by atoms with Crippen molar-refractivity contribution in [3.63, 3.8) is 0 Å². The second kappa shape index (κ2) is 3.93. The average molecular weight is 203 g/mol. The van der Waals surface area contributed by atoms with Crippen molar-refractivity contribution in [2.24, 2.45) is 11.8 Å². The molecule has 0 bridgehead atoms. The Bertz CT molecular complexity index is 382. The lowest BCUT2D eigenvalue weighted by Crippen LogP contribution is -2.22. The van der Waals surface area contributed by atoms with Crippen LogP contribution in [0.25, 0.3) is 0 Å². The van der Waals surface area contributed by atoms with Crippen molar-refractivity contribution in [3.05, 3.63) is 30.1 Å². The quantitative estimate of drug-likeness (QED) is 0.554. The molecular formula is C12H13NO2. The zero-order valence-corrected chi connectivity index (χ0v) is 8.64. The highest BCUT2D eigenvalue weighted by atomic mass is 16.2. The SMILES string of the molecule is CC(C(=O)c1cccnc1)C(=O)C1CC1. The van der Waals surface area contributed by atoms with E-state index in [1.54, 1.807) is 25.3 Å². The van der Waals surface area contributed by atoms with Gasteiger partial charge in [0.05, 0.1) is 5.92 Å². The molecule has 78 valence electrons. The summed E-state index contributed by atoms with van der Waals surface area (Å²) in [4.78, 5) is 27.4. The van der Waals surface area contributed by atoms with Crippen LogP contribution in [0.1, 0.15) is 30.1 Å². The van der Waals surface area contributed by atoms with Gasteiger partial charge in [0.1, 0.15) is 5.78 Å². The fraction of sp³-hybridized carbons (Fsp3) is 0.417. The van der Waals surface area contributed by atoms with Gasteiger partial charge in [-0.3, -0.25) is 14.6 Å². The largest absolute Gasteiger partial charge is 0.299 e. The van der Waals surface area contributed by atoms with Gasteiger partial charge in [0, 0.05) is 23.9 Å². The van der Waals surface area contributed by atoms with Crippen LogP contribution in [0, 0.1) is 11.8 Å². The number of hydrogen-bond donors (Lipinski definition) is 0. The fourth-order valence-electron chi connectivity index (χ4n) is 1.61. The number of Topliss-reactive ketones (excluding diaryl/α,β-unsaturated/α-hetero) is 2. The zero-order valence-electron chi connectivity index (χ0n) is 8.64. The highest BCUT2D eigenvalue weighted by Crippen LogP contribution is 2.33. The summed E-state index contributed by atoms with van der Waals surface area (Å²) in [6, 6.07) is 3.41. The molecule has 1 aliphatic rings. The standard InChI is InChI=1S/C12H13NO2/c1-8(11(14)9-4-5-9)12(15)10-3-2-6-13-7-10/h2-3,6-9H,4-5H2,1H3. The van der Waals surface area contributed by atoms with Crippen molar-refractivity contribution in [2.45, 2.75) is 19.8 Å². The van der Waals surface area contributed by atoms with Gasteiger partial charge in [-0.25, -0.2) is 0 Å². The summed E-state index contributed by atoms with van der Waals surface area (Å²) in [5.74, 6) is -0.397. The van der Waals surface area contributed by atoms with Crippen LogP contribution in [0.3, 0.4) is 0 Å². The van der Waals surface area contributed by atoms with Crippen LogP contribution < -0.4 is 0 Å². The normalized spacial score (nSPS) is 17.1. The highest BCUT2D eigenvalue weighted by molar-refractivity contribution is 6.11. The van der Waals surface area contributed by atoms with Crippen LogP contribution in [0.2, 0.25) is 0 Å². The molecule has 0 amide bonds. The second-order valence-corrected chi connectivity index (χ2v) is 4.00. The van der Waals surface area contributed by atoms with E-state index in [9.17, 15) is 9.59 Å². The van der Waals surface area contributed by atoms with Gasteiger partial charge in [0.25, 0.3) is 0 Å². The van der Waals surface area contributed by atoms with Crippen LogP contribution in [0.4, 0.5) is 0 Å². The highest BCUT2D eigenvalue weighted by Gasteiger charge is 2.35. The summed E-state index contributed by atoms with van der Waals surface area (Å²) in [5, 5.41) is 0. The predicted molar refractivity (Wildman–Crippen MR) is 55.5 cm³/mol. The molecular weight excluding hydrogens is 190 g/mol. The molecule has 1 saturated carbocycles.